The number of thiocarbonyl (C=S) groups is 1. The third-order valence-electron chi connectivity index (χ3n) is 1.37. The first-order chi connectivity index (χ1) is 6.11. The van der Waals surface area contributed by atoms with Gasteiger partial charge in [0.2, 0.25) is 0 Å². The van der Waals surface area contributed by atoms with Crippen LogP contribution in [0.5, 0.6) is 0 Å². The molecule has 1 rings (SSSR count). The van der Waals surface area contributed by atoms with E-state index in [0.29, 0.717) is 0 Å². The Morgan fingerprint density at radius 1 is 1.85 bits per heavy atom. The van der Waals surface area contributed by atoms with Gasteiger partial charge in [-0.05, 0) is 18.5 Å². The van der Waals surface area contributed by atoms with Crippen LogP contribution in [-0.4, -0.2) is 26.5 Å². The zero-order valence-corrected chi connectivity index (χ0v) is 8.48. The van der Waals surface area contributed by atoms with Gasteiger partial charge in [-0.25, -0.2) is 0 Å². The Morgan fingerprint density at radius 3 is 3.00 bits per heavy atom. The predicted octanol–water partition coefficient (Wildman–Crippen LogP) is -0.0575. The highest BCUT2D eigenvalue weighted by Gasteiger charge is 2.13. The largest absolute Gasteiger partial charge is 0.392 e. The zero-order valence-electron chi connectivity index (χ0n) is 6.85. The zero-order chi connectivity index (χ0) is 9.84. The molecule has 0 saturated heterocycles. The van der Waals surface area contributed by atoms with E-state index in [1.807, 2.05) is 0 Å². The lowest BCUT2D eigenvalue weighted by Crippen LogP contribution is -2.41. The normalized spacial score (nSPS) is 12.1. The topological polar surface area (TPSA) is 80.9 Å². The summed E-state index contributed by atoms with van der Waals surface area (Å²) in [6, 6.07) is -0.329. The third kappa shape index (κ3) is 2.71. The van der Waals surface area contributed by atoms with Gasteiger partial charge in [0, 0.05) is 5.38 Å². The van der Waals surface area contributed by atoms with Gasteiger partial charge in [0.15, 0.2) is 5.69 Å². The number of nitrogens with two attached hydrogens (primary N) is 1. The molecule has 1 aromatic rings. The molecule has 0 bridgehead atoms. The quantitative estimate of drug-likeness (QED) is 0.692. The molecule has 0 spiro atoms. The molecule has 1 aromatic heterocycles. The van der Waals surface area contributed by atoms with E-state index in [2.05, 4.69) is 14.9 Å². The highest BCUT2D eigenvalue weighted by molar-refractivity contribution is 7.80. The van der Waals surface area contributed by atoms with Crippen LogP contribution in [0.15, 0.2) is 5.38 Å². The van der Waals surface area contributed by atoms with Crippen LogP contribution in [0.2, 0.25) is 0 Å². The van der Waals surface area contributed by atoms with Crippen molar-refractivity contribution in [2.45, 2.75) is 13.0 Å². The number of amides is 1. The molecule has 1 unspecified atom stereocenters. The summed E-state index contributed by atoms with van der Waals surface area (Å²) in [6.07, 6.45) is 0. The molecule has 13 heavy (non-hydrogen) atoms. The molecule has 3 N–H and O–H groups in total. The van der Waals surface area contributed by atoms with Crippen molar-refractivity contribution in [3.05, 3.63) is 11.1 Å². The monoisotopic (exact) mass is 216 g/mol. The molecule has 0 fully saturated rings. The van der Waals surface area contributed by atoms with Gasteiger partial charge in [-0.2, -0.15) is 0 Å². The molecular formula is C6H8N4OS2. The van der Waals surface area contributed by atoms with Crippen molar-refractivity contribution in [1.29, 1.82) is 0 Å². The Morgan fingerprint density at radius 2 is 2.54 bits per heavy atom. The molecule has 1 atom stereocenters. The highest BCUT2D eigenvalue weighted by Crippen LogP contribution is 1.97. The van der Waals surface area contributed by atoms with E-state index < -0.39 is 0 Å². The minimum Gasteiger partial charge on any atom is -0.392 e. The number of carbonyl (C=O) groups excluding carboxylic acids is 1. The van der Waals surface area contributed by atoms with Crippen LogP contribution in [0.4, 0.5) is 0 Å². The minimum atomic E-state index is -0.329. The van der Waals surface area contributed by atoms with Crippen molar-refractivity contribution in [3.63, 3.8) is 0 Å². The number of nitrogens with zero attached hydrogens (tertiary/aromatic N) is 2. The van der Waals surface area contributed by atoms with Crippen molar-refractivity contribution in [3.8, 4) is 0 Å². The molecule has 0 radical (unpaired) electrons. The van der Waals surface area contributed by atoms with Crippen LogP contribution < -0.4 is 11.1 Å². The van der Waals surface area contributed by atoms with Gasteiger partial charge in [0.1, 0.15) is 0 Å². The first-order valence-electron chi connectivity index (χ1n) is 3.48. The van der Waals surface area contributed by atoms with E-state index in [1.165, 1.54) is 0 Å². The molecule has 7 heteroatoms. The fourth-order valence-electron chi connectivity index (χ4n) is 0.605. The molecule has 0 aliphatic carbocycles. The SMILES string of the molecule is CC(NC(=O)c1csnn1)C(N)=S. The standard InChI is InChI=1S/C6H8N4OS2/c1-3(5(7)12)8-6(11)4-2-13-10-9-4/h2-3H,1H3,(H2,7,12)(H,8,11). The van der Waals surface area contributed by atoms with E-state index in [1.54, 1.807) is 12.3 Å². The Labute approximate surface area is 84.5 Å². The summed E-state index contributed by atoms with van der Waals surface area (Å²) in [5, 5.41) is 7.74. The van der Waals surface area contributed by atoms with Crippen molar-refractivity contribution in [2.75, 3.05) is 0 Å². The highest BCUT2D eigenvalue weighted by atomic mass is 32.1. The second-order valence-corrected chi connectivity index (χ2v) is 3.47. The molecular weight excluding hydrogens is 208 g/mol. The van der Waals surface area contributed by atoms with Crippen LogP contribution in [-0.2, 0) is 0 Å². The van der Waals surface area contributed by atoms with Crippen molar-refractivity contribution in [1.82, 2.24) is 14.9 Å². The second kappa shape index (κ2) is 4.24. The van der Waals surface area contributed by atoms with Crippen molar-refractivity contribution in [2.24, 2.45) is 5.73 Å². The first-order valence-corrected chi connectivity index (χ1v) is 4.73. The van der Waals surface area contributed by atoms with E-state index in [4.69, 9.17) is 18.0 Å². The van der Waals surface area contributed by atoms with Crippen LogP contribution in [0.3, 0.4) is 0 Å². The van der Waals surface area contributed by atoms with Crippen molar-refractivity contribution >= 4 is 34.6 Å². The summed E-state index contributed by atoms with van der Waals surface area (Å²) in [4.78, 5) is 11.5. The fourth-order valence-corrected chi connectivity index (χ4v) is 1.10. The maximum atomic E-state index is 11.3. The maximum Gasteiger partial charge on any atom is 0.273 e. The number of nitrogens with one attached hydrogen (secondary N) is 1. The third-order valence-corrected chi connectivity index (χ3v) is 2.23. The molecule has 0 aliphatic rings. The van der Waals surface area contributed by atoms with Gasteiger partial charge in [0.25, 0.3) is 5.91 Å². The maximum absolute atomic E-state index is 11.3. The number of hydrogen-bond acceptors (Lipinski definition) is 5. The molecule has 0 aromatic carbocycles. The molecule has 70 valence electrons. The number of hydrogen-bond donors (Lipinski definition) is 2. The fraction of sp³-hybridized carbons (Fsp3) is 0.333. The van der Waals surface area contributed by atoms with Crippen LogP contribution >= 0.6 is 23.8 Å². The number of aromatic nitrogens is 2. The summed E-state index contributed by atoms with van der Waals surface area (Å²) < 4.78 is 3.56. The van der Waals surface area contributed by atoms with Crippen LogP contribution in [0.1, 0.15) is 17.4 Å². The Balaban J connectivity index is 2.56. The smallest absolute Gasteiger partial charge is 0.273 e. The average Bonchev–Trinajstić information content (AvgIpc) is 2.55. The number of carbonyl (C=O) groups is 1. The van der Waals surface area contributed by atoms with Gasteiger partial charge in [-0.15, -0.1) is 5.10 Å². The van der Waals surface area contributed by atoms with Gasteiger partial charge in [-0.3, -0.25) is 4.79 Å². The van der Waals surface area contributed by atoms with Gasteiger partial charge in [-0.1, -0.05) is 16.7 Å². The van der Waals surface area contributed by atoms with Gasteiger partial charge >= 0.3 is 0 Å². The summed E-state index contributed by atoms with van der Waals surface area (Å²) >= 11 is 5.81. The lowest BCUT2D eigenvalue weighted by Gasteiger charge is -2.09. The Hall–Kier alpha value is -1.08. The molecule has 1 amide bonds. The second-order valence-electron chi connectivity index (χ2n) is 2.39. The summed E-state index contributed by atoms with van der Waals surface area (Å²) in [7, 11) is 0. The van der Waals surface area contributed by atoms with Crippen LogP contribution in [0.25, 0.3) is 0 Å². The van der Waals surface area contributed by atoms with E-state index in [0.717, 1.165) is 11.5 Å². The Kier molecular flexibility index (Phi) is 3.26. The molecule has 5 nitrogen and oxygen atoms in total. The van der Waals surface area contributed by atoms with Crippen molar-refractivity contribution < 1.29 is 4.79 Å². The molecule has 0 aliphatic heterocycles. The van der Waals surface area contributed by atoms with Gasteiger partial charge in [0.05, 0.1) is 11.0 Å². The van der Waals surface area contributed by atoms with Gasteiger partial charge < -0.3 is 11.1 Å². The molecule has 1 heterocycles. The van der Waals surface area contributed by atoms with E-state index in [9.17, 15) is 4.79 Å². The lowest BCUT2D eigenvalue weighted by atomic mass is 10.3. The lowest BCUT2D eigenvalue weighted by molar-refractivity contribution is 0.0944. The number of rotatable bonds is 3. The van der Waals surface area contributed by atoms with E-state index in [-0.39, 0.29) is 22.6 Å². The van der Waals surface area contributed by atoms with Crippen LogP contribution in [0, 0.1) is 0 Å². The average molecular weight is 216 g/mol. The summed E-state index contributed by atoms with van der Waals surface area (Å²) in [5.41, 5.74) is 5.61. The Bertz CT molecular complexity index is 310. The minimum absolute atomic E-state index is 0.247. The summed E-state index contributed by atoms with van der Waals surface area (Å²) in [6.45, 7) is 1.71. The first kappa shape index (κ1) is 10.0. The summed E-state index contributed by atoms with van der Waals surface area (Å²) in [5.74, 6) is -0.311. The predicted molar refractivity (Wildman–Crippen MR) is 53.6 cm³/mol. The van der Waals surface area contributed by atoms with E-state index >= 15 is 0 Å². The molecule has 0 saturated carbocycles.